The van der Waals surface area contributed by atoms with Crippen LogP contribution in [0.2, 0.25) is 0 Å². The monoisotopic (exact) mass is 472 g/mol. The molecule has 0 aliphatic heterocycles. The standard InChI is InChI=1S/C21H21FN6O4S/c1-21(2,3)32-20(29)28(14-23-4)33(30,31)18-9-5-15(6-10-18)19-13-27(26-25-19)12-17-8-7-16(22)11-24-17/h5-11,13H,12,14H2,1-3H3. The number of benzene rings is 1. The van der Waals surface area contributed by atoms with E-state index in [1.165, 1.54) is 41.1 Å². The van der Waals surface area contributed by atoms with Crippen LogP contribution in [0, 0.1) is 12.4 Å². The second-order valence-corrected chi connectivity index (χ2v) is 9.79. The average Bonchev–Trinajstić information content (AvgIpc) is 3.21. The molecule has 3 rings (SSSR count). The van der Waals surface area contributed by atoms with Crippen LogP contribution in [0.15, 0.2) is 53.7 Å². The lowest BCUT2D eigenvalue weighted by Gasteiger charge is -2.24. The Balaban J connectivity index is 1.80. The van der Waals surface area contributed by atoms with Crippen LogP contribution in [0.3, 0.4) is 0 Å². The molecule has 2 aromatic heterocycles. The van der Waals surface area contributed by atoms with Gasteiger partial charge in [0.2, 0.25) is 0 Å². The van der Waals surface area contributed by atoms with E-state index in [0.29, 0.717) is 21.3 Å². The Morgan fingerprint density at radius 2 is 1.91 bits per heavy atom. The zero-order chi connectivity index (χ0) is 24.2. The minimum atomic E-state index is -4.31. The summed E-state index contributed by atoms with van der Waals surface area (Å²) in [7, 11) is -4.31. The molecule has 0 saturated carbocycles. The number of halogens is 1. The second-order valence-electron chi connectivity index (χ2n) is 7.93. The van der Waals surface area contributed by atoms with Gasteiger partial charge in [0, 0.05) is 5.56 Å². The highest BCUT2D eigenvalue weighted by atomic mass is 32.2. The first-order valence-corrected chi connectivity index (χ1v) is 11.1. The van der Waals surface area contributed by atoms with E-state index in [9.17, 15) is 17.6 Å². The number of hydrogen-bond acceptors (Lipinski definition) is 7. The highest BCUT2D eigenvalue weighted by Crippen LogP contribution is 2.23. The molecule has 172 valence electrons. The van der Waals surface area contributed by atoms with Gasteiger partial charge in [0.05, 0.1) is 29.5 Å². The molecule has 0 aliphatic rings. The van der Waals surface area contributed by atoms with E-state index < -0.39 is 34.2 Å². The first-order valence-electron chi connectivity index (χ1n) is 9.69. The van der Waals surface area contributed by atoms with Gasteiger partial charge in [0.25, 0.3) is 10.0 Å². The number of hydrogen-bond donors (Lipinski definition) is 0. The van der Waals surface area contributed by atoms with Crippen molar-refractivity contribution in [1.82, 2.24) is 24.3 Å². The fraction of sp³-hybridized carbons (Fsp3) is 0.286. The zero-order valence-corrected chi connectivity index (χ0v) is 19.0. The van der Waals surface area contributed by atoms with Crippen molar-refractivity contribution in [2.24, 2.45) is 0 Å². The van der Waals surface area contributed by atoms with Crippen LogP contribution in [0.1, 0.15) is 26.5 Å². The van der Waals surface area contributed by atoms with Gasteiger partial charge in [0.15, 0.2) is 0 Å². The van der Waals surface area contributed by atoms with Gasteiger partial charge in [-0.25, -0.2) is 28.9 Å². The third kappa shape index (κ3) is 5.89. The van der Waals surface area contributed by atoms with Crippen molar-refractivity contribution in [3.63, 3.8) is 0 Å². The van der Waals surface area contributed by atoms with Gasteiger partial charge in [-0.15, -0.1) is 9.40 Å². The molecule has 0 unspecified atom stereocenters. The van der Waals surface area contributed by atoms with Crippen LogP contribution in [-0.2, 0) is 21.3 Å². The van der Waals surface area contributed by atoms with Gasteiger partial charge < -0.3 is 4.74 Å². The molecule has 0 bridgehead atoms. The van der Waals surface area contributed by atoms with E-state index in [4.69, 9.17) is 11.3 Å². The Labute approximate surface area is 190 Å². The molecule has 0 radical (unpaired) electrons. The molecule has 0 atom stereocenters. The molecule has 33 heavy (non-hydrogen) atoms. The molecule has 0 fully saturated rings. The van der Waals surface area contributed by atoms with Gasteiger partial charge in [-0.05, 0) is 45.0 Å². The van der Waals surface area contributed by atoms with Crippen molar-refractivity contribution in [1.29, 1.82) is 0 Å². The number of nitrogens with zero attached hydrogens (tertiary/aromatic N) is 6. The van der Waals surface area contributed by atoms with Crippen molar-refractivity contribution >= 4 is 16.1 Å². The summed E-state index contributed by atoms with van der Waals surface area (Å²) in [6, 6.07) is 8.49. The molecule has 12 heteroatoms. The van der Waals surface area contributed by atoms with Gasteiger partial charge in [-0.2, -0.15) is 0 Å². The van der Waals surface area contributed by atoms with E-state index in [-0.39, 0.29) is 11.4 Å². The Hall–Kier alpha value is -3.85. The van der Waals surface area contributed by atoms with Crippen LogP contribution < -0.4 is 0 Å². The molecule has 10 nitrogen and oxygen atoms in total. The Morgan fingerprint density at radius 1 is 1.21 bits per heavy atom. The van der Waals surface area contributed by atoms with Gasteiger partial charge in [-0.1, -0.05) is 17.3 Å². The lowest BCUT2D eigenvalue weighted by Crippen LogP contribution is -2.40. The van der Waals surface area contributed by atoms with Crippen LogP contribution in [0.25, 0.3) is 16.1 Å². The number of carbonyl (C=O) groups excluding carboxylic acids is 1. The number of rotatable bonds is 6. The number of aromatic nitrogens is 4. The van der Waals surface area contributed by atoms with Crippen molar-refractivity contribution in [2.75, 3.05) is 6.67 Å². The molecule has 3 aromatic rings. The summed E-state index contributed by atoms with van der Waals surface area (Å²) >= 11 is 0. The maximum atomic E-state index is 13.0. The van der Waals surface area contributed by atoms with Crippen molar-refractivity contribution in [3.05, 3.63) is 71.7 Å². The quantitative estimate of drug-likeness (QED) is 0.506. The summed E-state index contributed by atoms with van der Waals surface area (Å²) < 4.78 is 45.9. The lowest BCUT2D eigenvalue weighted by molar-refractivity contribution is 0.0403. The first-order chi connectivity index (χ1) is 15.5. The SMILES string of the molecule is [C-]#[N+]CN(C(=O)OC(C)(C)C)S(=O)(=O)c1ccc(-c2cn(Cc3ccc(F)cn3)nn2)cc1. The van der Waals surface area contributed by atoms with E-state index >= 15 is 0 Å². The molecule has 1 aromatic carbocycles. The summed E-state index contributed by atoms with van der Waals surface area (Å²) in [6.07, 6.45) is 1.63. The first kappa shape index (κ1) is 23.8. The summed E-state index contributed by atoms with van der Waals surface area (Å²) in [5.74, 6) is -0.435. The minimum absolute atomic E-state index is 0.177. The molecule has 0 spiro atoms. The normalized spacial score (nSPS) is 11.6. The van der Waals surface area contributed by atoms with Crippen LogP contribution >= 0.6 is 0 Å². The van der Waals surface area contributed by atoms with Crippen molar-refractivity contribution < 1.29 is 22.3 Å². The van der Waals surface area contributed by atoms with Gasteiger partial charge in [0.1, 0.15) is 17.1 Å². The molecule has 0 N–H and O–H groups in total. The summed E-state index contributed by atoms with van der Waals surface area (Å²) in [5.41, 5.74) is 0.732. The fourth-order valence-corrected chi connectivity index (χ4v) is 3.89. The van der Waals surface area contributed by atoms with E-state index in [0.717, 1.165) is 6.20 Å². The Bertz CT molecular complexity index is 1280. The maximum absolute atomic E-state index is 13.0. The Kier molecular flexibility index (Phi) is 6.73. The molecule has 0 saturated heterocycles. The number of pyridine rings is 1. The zero-order valence-electron chi connectivity index (χ0n) is 18.1. The van der Waals surface area contributed by atoms with Gasteiger partial charge in [-0.3, -0.25) is 9.83 Å². The van der Waals surface area contributed by atoms with E-state index in [1.54, 1.807) is 27.0 Å². The van der Waals surface area contributed by atoms with Gasteiger partial charge >= 0.3 is 12.8 Å². The fourth-order valence-electron chi connectivity index (χ4n) is 2.71. The third-order valence-electron chi connectivity index (χ3n) is 4.19. The topological polar surface area (TPSA) is 112 Å². The predicted octanol–water partition coefficient (Wildman–Crippen LogP) is 3.33. The number of sulfonamides is 1. The second kappa shape index (κ2) is 9.33. The average molecular weight is 473 g/mol. The van der Waals surface area contributed by atoms with Crippen LogP contribution in [0.4, 0.5) is 9.18 Å². The van der Waals surface area contributed by atoms with Crippen LogP contribution in [0.5, 0.6) is 0 Å². The van der Waals surface area contributed by atoms with Crippen molar-refractivity contribution in [3.8, 4) is 11.3 Å². The largest absolute Gasteiger partial charge is 0.443 e. The van der Waals surface area contributed by atoms with Crippen molar-refractivity contribution in [2.45, 2.75) is 37.8 Å². The Morgan fingerprint density at radius 3 is 2.48 bits per heavy atom. The molecule has 0 aliphatic carbocycles. The number of amides is 1. The summed E-state index contributed by atoms with van der Waals surface area (Å²) in [5, 5.41) is 8.07. The molecule has 2 heterocycles. The summed E-state index contributed by atoms with van der Waals surface area (Å²) in [6.45, 7) is 11.4. The third-order valence-corrected chi connectivity index (χ3v) is 5.90. The lowest BCUT2D eigenvalue weighted by atomic mass is 10.2. The van der Waals surface area contributed by atoms with E-state index in [1.807, 2.05) is 0 Å². The highest BCUT2D eigenvalue weighted by Gasteiger charge is 2.35. The minimum Gasteiger partial charge on any atom is -0.443 e. The van der Waals surface area contributed by atoms with E-state index in [2.05, 4.69) is 20.1 Å². The molecule has 1 amide bonds. The predicted molar refractivity (Wildman–Crippen MR) is 115 cm³/mol. The number of ether oxygens (including phenoxy) is 1. The summed E-state index contributed by atoms with van der Waals surface area (Å²) in [4.78, 5) is 19.2. The molecular weight excluding hydrogens is 451 g/mol. The highest BCUT2D eigenvalue weighted by molar-refractivity contribution is 7.89. The van der Waals surface area contributed by atoms with Crippen LogP contribution in [-0.4, -0.2) is 51.1 Å². The maximum Gasteiger partial charge on any atom is 0.430 e. The molecular formula is C21H21FN6O4S. The smallest absolute Gasteiger partial charge is 0.430 e. The number of carbonyl (C=O) groups is 1.